The van der Waals surface area contributed by atoms with Gasteiger partial charge >= 0.3 is 11.9 Å². The summed E-state index contributed by atoms with van der Waals surface area (Å²) < 4.78 is 18.0. The number of carbonyl (C=O) groups is 3. The quantitative estimate of drug-likeness (QED) is 0.281. The Morgan fingerprint density at radius 3 is 1.71 bits per heavy atom. The number of rotatable bonds is 10. The van der Waals surface area contributed by atoms with Crippen molar-refractivity contribution in [2.45, 2.75) is 65.2 Å². The Balaban J connectivity index is 2.87. The van der Waals surface area contributed by atoms with Crippen LogP contribution < -0.4 is 10.4 Å². The molecule has 0 aromatic heterocycles. The van der Waals surface area contributed by atoms with Gasteiger partial charge < -0.3 is 13.9 Å². The van der Waals surface area contributed by atoms with Gasteiger partial charge in [0.1, 0.15) is 6.61 Å². The lowest BCUT2D eigenvalue weighted by Crippen LogP contribution is -2.72. The summed E-state index contributed by atoms with van der Waals surface area (Å²) in [5, 5.41) is 1.49. The number of ether oxygens (including phenoxy) is 2. The molecule has 0 N–H and O–H groups in total. The fourth-order valence-corrected chi connectivity index (χ4v) is 9.06. The van der Waals surface area contributed by atoms with Crippen molar-refractivity contribution in [3.63, 3.8) is 0 Å². The van der Waals surface area contributed by atoms with E-state index in [4.69, 9.17) is 13.9 Å². The second-order valence-corrected chi connectivity index (χ2v) is 13.9. The zero-order valence-electron chi connectivity index (χ0n) is 21.7. The average molecular weight is 497 g/mol. The minimum Gasteiger partial charge on any atom is -0.462 e. The molecule has 0 bridgehead atoms. The van der Waals surface area contributed by atoms with E-state index in [0.29, 0.717) is 0 Å². The third-order valence-corrected chi connectivity index (χ3v) is 11.1. The number of hydrogen-bond donors (Lipinski definition) is 0. The molecule has 0 heterocycles. The zero-order valence-corrected chi connectivity index (χ0v) is 22.7. The average Bonchev–Trinajstić information content (AvgIpc) is 2.80. The molecule has 7 heteroatoms. The van der Waals surface area contributed by atoms with Crippen molar-refractivity contribution >= 4 is 36.4 Å². The van der Waals surface area contributed by atoms with E-state index in [0.717, 1.165) is 10.4 Å². The molecule has 0 fully saturated rings. The standard InChI is InChI=1S/C28H36O6Si/c1-8-15-25(31)28(7,26(33-22(3)30)20-32-21(2)29)34-35(27(4,5)6,23-16-11-9-12-17-23)24-18-13-10-14-19-24/h8-19,26H,20H2,1-7H3/b15-8+/t26-,28-/m1/s1. The van der Waals surface area contributed by atoms with Crippen molar-refractivity contribution in [3.05, 3.63) is 72.8 Å². The first-order valence-corrected chi connectivity index (χ1v) is 13.6. The molecule has 2 rings (SSSR count). The van der Waals surface area contributed by atoms with Crippen molar-refractivity contribution in [2.75, 3.05) is 6.61 Å². The van der Waals surface area contributed by atoms with Crippen LogP contribution in [0.3, 0.4) is 0 Å². The smallest absolute Gasteiger partial charge is 0.303 e. The van der Waals surface area contributed by atoms with Crippen LogP contribution in [-0.2, 0) is 28.3 Å². The molecule has 2 atom stereocenters. The molecular formula is C28H36O6Si. The van der Waals surface area contributed by atoms with Crippen LogP contribution in [0.1, 0.15) is 48.5 Å². The van der Waals surface area contributed by atoms with Crippen LogP contribution in [0.4, 0.5) is 0 Å². The fourth-order valence-electron chi connectivity index (χ4n) is 4.26. The molecule has 2 aromatic carbocycles. The van der Waals surface area contributed by atoms with Gasteiger partial charge in [-0.3, -0.25) is 14.4 Å². The number of hydrogen-bond acceptors (Lipinski definition) is 6. The molecule has 0 radical (unpaired) electrons. The molecule has 0 saturated carbocycles. The van der Waals surface area contributed by atoms with E-state index in [2.05, 4.69) is 20.8 Å². The summed E-state index contributed by atoms with van der Waals surface area (Å²) in [6.07, 6.45) is 1.86. The maximum Gasteiger partial charge on any atom is 0.303 e. The number of esters is 2. The lowest BCUT2D eigenvalue weighted by Gasteiger charge is -2.49. The van der Waals surface area contributed by atoms with E-state index in [9.17, 15) is 14.4 Å². The molecule has 0 unspecified atom stereocenters. The van der Waals surface area contributed by atoms with E-state index in [1.807, 2.05) is 60.7 Å². The summed E-state index contributed by atoms with van der Waals surface area (Å²) >= 11 is 0. The van der Waals surface area contributed by atoms with Crippen molar-refractivity contribution in [2.24, 2.45) is 0 Å². The lowest BCUT2D eigenvalue weighted by molar-refractivity contribution is -0.174. The second kappa shape index (κ2) is 11.6. The molecule has 6 nitrogen and oxygen atoms in total. The summed E-state index contributed by atoms with van der Waals surface area (Å²) in [5.74, 6) is -1.53. The molecule has 0 aliphatic heterocycles. The van der Waals surface area contributed by atoms with Gasteiger partial charge in [0.05, 0.1) is 0 Å². The van der Waals surface area contributed by atoms with E-state index in [1.54, 1.807) is 19.9 Å². The summed E-state index contributed by atoms with van der Waals surface area (Å²) in [7, 11) is -3.23. The first-order chi connectivity index (χ1) is 16.4. The summed E-state index contributed by atoms with van der Waals surface area (Å²) in [5.41, 5.74) is -1.64. The van der Waals surface area contributed by atoms with Crippen molar-refractivity contribution < 1.29 is 28.3 Å². The molecular weight excluding hydrogens is 460 g/mol. The Labute approximate surface area is 209 Å². The molecule has 0 aliphatic rings. The predicted molar refractivity (Wildman–Crippen MR) is 139 cm³/mol. The molecule has 188 valence electrons. The highest BCUT2D eigenvalue weighted by molar-refractivity contribution is 6.99. The van der Waals surface area contributed by atoms with E-state index < -0.39 is 37.0 Å². The van der Waals surface area contributed by atoms with Gasteiger partial charge in [0.15, 0.2) is 17.5 Å². The normalized spacial score (nSPS) is 14.7. The van der Waals surface area contributed by atoms with Gasteiger partial charge in [-0.2, -0.15) is 0 Å². The van der Waals surface area contributed by atoms with Gasteiger partial charge in [-0.05, 0) is 35.3 Å². The van der Waals surface area contributed by atoms with E-state index in [1.165, 1.54) is 19.9 Å². The molecule has 0 spiro atoms. The molecule has 0 saturated heterocycles. The Kier molecular flexibility index (Phi) is 9.35. The highest BCUT2D eigenvalue weighted by Crippen LogP contribution is 2.41. The second-order valence-electron chi connectivity index (χ2n) is 9.64. The molecule has 35 heavy (non-hydrogen) atoms. The number of allylic oxidation sites excluding steroid dienone is 1. The van der Waals surface area contributed by atoms with E-state index >= 15 is 0 Å². The minimum absolute atomic E-state index is 0.313. The summed E-state index contributed by atoms with van der Waals surface area (Å²) in [6, 6.07) is 19.7. The number of carbonyl (C=O) groups excluding carboxylic acids is 3. The third kappa shape index (κ3) is 6.35. The number of benzene rings is 2. The van der Waals surface area contributed by atoms with Crippen LogP contribution in [0.5, 0.6) is 0 Å². The maximum absolute atomic E-state index is 13.7. The van der Waals surface area contributed by atoms with Gasteiger partial charge in [-0.25, -0.2) is 0 Å². The largest absolute Gasteiger partial charge is 0.462 e. The predicted octanol–water partition coefficient (Wildman–Crippen LogP) is 3.96. The van der Waals surface area contributed by atoms with Crippen LogP contribution in [0, 0.1) is 0 Å². The zero-order chi connectivity index (χ0) is 26.3. The SMILES string of the molecule is C/C=C/C(=O)[C@@](C)(O[Si](c1ccccc1)(c1ccccc1)C(C)(C)C)[C@@H](COC(C)=O)OC(C)=O. The monoisotopic (exact) mass is 496 g/mol. The molecule has 0 aliphatic carbocycles. The number of ketones is 1. The van der Waals surface area contributed by atoms with E-state index in [-0.39, 0.29) is 12.4 Å². The Morgan fingerprint density at radius 2 is 1.34 bits per heavy atom. The highest BCUT2D eigenvalue weighted by atomic mass is 28.4. The first-order valence-electron chi connectivity index (χ1n) is 11.7. The van der Waals surface area contributed by atoms with Crippen molar-refractivity contribution in [3.8, 4) is 0 Å². The van der Waals surface area contributed by atoms with Crippen LogP contribution in [0.25, 0.3) is 0 Å². The Morgan fingerprint density at radius 1 is 0.857 bits per heavy atom. The summed E-state index contributed by atoms with van der Waals surface area (Å²) in [6.45, 7) is 11.8. The van der Waals surface area contributed by atoms with Crippen LogP contribution >= 0.6 is 0 Å². The molecule has 2 aromatic rings. The maximum atomic E-state index is 13.7. The molecule has 0 amide bonds. The van der Waals surface area contributed by atoms with Crippen molar-refractivity contribution in [1.82, 2.24) is 0 Å². The highest BCUT2D eigenvalue weighted by Gasteiger charge is 2.57. The van der Waals surface area contributed by atoms with Crippen LogP contribution in [-0.4, -0.2) is 44.4 Å². The van der Waals surface area contributed by atoms with Crippen molar-refractivity contribution in [1.29, 1.82) is 0 Å². The Bertz CT molecular complexity index is 1000. The van der Waals surface area contributed by atoms with Gasteiger partial charge in [-0.15, -0.1) is 0 Å². The van der Waals surface area contributed by atoms with Gasteiger partial charge in [0, 0.05) is 13.8 Å². The topological polar surface area (TPSA) is 78.9 Å². The minimum atomic E-state index is -3.23. The third-order valence-electron chi connectivity index (χ3n) is 5.95. The lowest BCUT2D eigenvalue weighted by atomic mass is 9.93. The van der Waals surface area contributed by atoms with Gasteiger partial charge in [-0.1, -0.05) is 87.5 Å². The fraction of sp³-hybridized carbons (Fsp3) is 0.393. The van der Waals surface area contributed by atoms with Gasteiger partial charge in [0.25, 0.3) is 8.32 Å². The van der Waals surface area contributed by atoms with Crippen LogP contribution in [0.15, 0.2) is 72.8 Å². The Hall–Kier alpha value is -3.03. The van der Waals surface area contributed by atoms with Crippen LogP contribution in [0.2, 0.25) is 5.04 Å². The first kappa shape index (κ1) is 28.2. The van der Waals surface area contributed by atoms with Gasteiger partial charge in [0.2, 0.25) is 0 Å². The summed E-state index contributed by atoms with van der Waals surface area (Å²) in [4.78, 5) is 37.4.